The second kappa shape index (κ2) is 4.25. The van der Waals surface area contributed by atoms with Gasteiger partial charge in [0.25, 0.3) is 5.56 Å². The summed E-state index contributed by atoms with van der Waals surface area (Å²) in [6.07, 6.45) is 1.58. The molecule has 0 spiro atoms. The summed E-state index contributed by atoms with van der Waals surface area (Å²) < 4.78 is 2.10. The normalized spacial score (nSPS) is 15.1. The third kappa shape index (κ3) is 2.94. The molecule has 1 aromatic rings. The fourth-order valence-corrected chi connectivity index (χ4v) is 1.42. The monoisotopic (exact) mass is 261 g/mol. The summed E-state index contributed by atoms with van der Waals surface area (Å²) in [6.45, 7) is 1.16. The standard InChI is InChI=1S/C9H12BrNO3/c1-9(14,6-12)5-11-4-7(10)2-3-8(11)13/h2-4,12,14H,5-6H2,1H3. The van der Waals surface area contributed by atoms with E-state index in [4.69, 9.17) is 5.11 Å². The number of aliphatic hydroxyl groups excluding tert-OH is 1. The fraction of sp³-hybridized carbons (Fsp3) is 0.444. The van der Waals surface area contributed by atoms with Crippen molar-refractivity contribution >= 4 is 15.9 Å². The highest BCUT2D eigenvalue weighted by Gasteiger charge is 2.19. The Kier molecular flexibility index (Phi) is 3.47. The Bertz CT molecular complexity index is 373. The number of hydrogen-bond donors (Lipinski definition) is 2. The number of hydrogen-bond acceptors (Lipinski definition) is 3. The summed E-state index contributed by atoms with van der Waals surface area (Å²) in [6, 6.07) is 3.03. The van der Waals surface area contributed by atoms with Crippen molar-refractivity contribution in [2.24, 2.45) is 0 Å². The molecule has 2 N–H and O–H groups in total. The van der Waals surface area contributed by atoms with Gasteiger partial charge in [0, 0.05) is 16.7 Å². The molecule has 78 valence electrons. The topological polar surface area (TPSA) is 62.5 Å². The zero-order valence-corrected chi connectivity index (χ0v) is 9.36. The molecule has 0 aliphatic rings. The van der Waals surface area contributed by atoms with Crippen LogP contribution in [0.15, 0.2) is 27.6 Å². The number of rotatable bonds is 3. The Labute approximate surface area is 89.9 Å². The average molecular weight is 262 g/mol. The van der Waals surface area contributed by atoms with Gasteiger partial charge >= 0.3 is 0 Å². The van der Waals surface area contributed by atoms with E-state index in [0.29, 0.717) is 0 Å². The van der Waals surface area contributed by atoms with Crippen molar-refractivity contribution in [3.63, 3.8) is 0 Å². The van der Waals surface area contributed by atoms with E-state index in [9.17, 15) is 9.90 Å². The quantitative estimate of drug-likeness (QED) is 0.826. The molecule has 0 saturated carbocycles. The van der Waals surface area contributed by atoms with Gasteiger partial charge in [-0.25, -0.2) is 0 Å². The first kappa shape index (κ1) is 11.4. The molecule has 1 atom stereocenters. The van der Waals surface area contributed by atoms with Gasteiger partial charge in [-0.3, -0.25) is 4.79 Å². The third-order valence-electron chi connectivity index (χ3n) is 1.80. The van der Waals surface area contributed by atoms with Crippen LogP contribution in [0.4, 0.5) is 0 Å². The highest BCUT2D eigenvalue weighted by Crippen LogP contribution is 2.08. The van der Waals surface area contributed by atoms with E-state index in [1.807, 2.05) is 0 Å². The highest BCUT2D eigenvalue weighted by molar-refractivity contribution is 9.10. The van der Waals surface area contributed by atoms with Crippen LogP contribution in [0.25, 0.3) is 0 Å². The molecule has 1 rings (SSSR count). The molecule has 0 saturated heterocycles. The number of aromatic nitrogens is 1. The molecule has 0 aliphatic carbocycles. The summed E-state index contributed by atoms with van der Waals surface area (Å²) in [4.78, 5) is 11.3. The van der Waals surface area contributed by atoms with Crippen molar-refractivity contribution in [1.29, 1.82) is 0 Å². The lowest BCUT2D eigenvalue weighted by Crippen LogP contribution is -2.38. The molecule has 0 aliphatic heterocycles. The Hall–Kier alpha value is -0.650. The third-order valence-corrected chi connectivity index (χ3v) is 2.27. The van der Waals surface area contributed by atoms with E-state index in [1.54, 1.807) is 12.3 Å². The minimum Gasteiger partial charge on any atom is -0.393 e. The van der Waals surface area contributed by atoms with Crippen LogP contribution < -0.4 is 5.56 Å². The zero-order valence-electron chi connectivity index (χ0n) is 7.77. The zero-order chi connectivity index (χ0) is 10.8. The number of halogens is 1. The van der Waals surface area contributed by atoms with Crippen LogP contribution in [0, 0.1) is 0 Å². The van der Waals surface area contributed by atoms with Gasteiger partial charge in [0.05, 0.1) is 13.2 Å². The second-order valence-electron chi connectivity index (χ2n) is 3.47. The lowest BCUT2D eigenvalue weighted by atomic mass is 10.1. The molecule has 0 fully saturated rings. The maximum atomic E-state index is 11.3. The van der Waals surface area contributed by atoms with E-state index in [1.165, 1.54) is 17.6 Å². The molecule has 0 aromatic carbocycles. The van der Waals surface area contributed by atoms with Crippen molar-refractivity contribution in [3.05, 3.63) is 33.2 Å². The van der Waals surface area contributed by atoms with Gasteiger partial charge in [-0.2, -0.15) is 0 Å². The predicted octanol–water partition coefficient (Wildman–Crippen LogP) is 0.354. The van der Waals surface area contributed by atoms with Crippen molar-refractivity contribution < 1.29 is 10.2 Å². The first-order valence-corrected chi connectivity index (χ1v) is 4.93. The van der Waals surface area contributed by atoms with Gasteiger partial charge in [-0.15, -0.1) is 0 Å². The van der Waals surface area contributed by atoms with Crippen LogP contribution >= 0.6 is 15.9 Å². The first-order chi connectivity index (χ1) is 6.44. The molecular formula is C9H12BrNO3. The van der Waals surface area contributed by atoms with Crippen LogP contribution in [0.5, 0.6) is 0 Å². The summed E-state index contributed by atoms with van der Waals surface area (Å²) in [7, 11) is 0. The summed E-state index contributed by atoms with van der Waals surface area (Å²) in [5.41, 5.74) is -1.48. The van der Waals surface area contributed by atoms with E-state index in [2.05, 4.69) is 15.9 Å². The van der Waals surface area contributed by atoms with Gasteiger partial charge in [0.15, 0.2) is 0 Å². The van der Waals surface area contributed by atoms with Crippen molar-refractivity contribution in [3.8, 4) is 0 Å². The maximum absolute atomic E-state index is 11.3. The fourth-order valence-electron chi connectivity index (χ4n) is 1.04. The molecule has 0 amide bonds. The first-order valence-electron chi connectivity index (χ1n) is 4.14. The smallest absolute Gasteiger partial charge is 0.250 e. The molecule has 0 bridgehead atoms. The summed E-state index contributed by atoms with van der Waals surface area (Å²) in [5, 5.41) is 18.4. The van der Waals surface area contributed by atoms with Gasteiger partial charge in [0.2, 0.25) is 0 Å². The SMILES string of the molecule is CC(O)(CO)Cn1cc(Br)ccc1=O. The minimum atomic E-state index is -1.27. The van der Waals surface area contributed by atoms with Gasteiger partial charge in [0.1, 0.15) is 5.60 Å². The van der Waals surface area contributed by atoms with E-state index >= 15 is 0 Å². The van der Waals surface area contributed by atoms with E-state index in [-0.39, 0.29) is 18.7 Å². The van der Waals surface area contributed by atoms with Crippen molar-refractivity contribution in [2.75, 3.05) is 6.61 Å². The van der Waals surface area contributed by atoms with Gasteiger partial charge in [-0.1, -0.05) is 0 Å². The molecule has 1 aromatic heterocycles. The van der Waals surface area contributed by atoms with Crippen molar-refractivity contribution in [1.82, 2.24) is 4.57 Å². The maximum Gasteiger partial charge on any atom is 0.250 e. The van der Waals surface area contributed by atoms with Crippen LogP contribution in [0.3, 0.4) is 0 Å². The molecule has 1 unspecified atom stereocenters. The predicted molar refractivity (Wildman–Crippen MR) is 56.1 cm³/mol. The van der Waals surface area contributed by atoms with Gasteiger partial charge < -0.3 is 14.8 Å². The molecule has 14 heavy (non-hydrogen) atoms. The molecule has 5 heteroatoms. The summed E-state index contributed by atoms with van der Waals surface area (Å²) >= 11 is 3.22. The Balaban J connectivity index is 2.97. The van der Waals surface area contributed by atoms with Crippen LogP contribution in [0.1, 0.15) is 6.92 Å². The molecular weight excluding hydrogens is 250 g/mol. The molecule has 1 heterocycles. The van der Waals surface area contributed by atoms with E-state index < -0.39 is 5.60 Å². The van der Waals surface area contributed by atoms with Gasteiger partial charge in [-0.05, 0) is 28.9 Å². The number of aliphatic hydroxyl groups is 2. The minimum absolute atomic E-state index is 0.0712. The second-order valence-corrected chi connectivity index (χ2v) is 4.38. The summed E-state index contributed by atoms with van der Waals surface area (Å²) in [5.74, 6) is 0. The molecule has 4 nitrogen and oxygen atoms in total. The lowest BCUT2D eigenvalue weighted by molar-refractivity contribution is -0.0127. The number of pyridine rings is 1. The average Bonchev–Trinajstić information content (AvgIpc) is 2.11. The number of nitrogens with zero attached hydrogens (tertiary/aromatic N) is 1. The van der Waals surface area contributed by atoms with Crippen LogP contribution in [0.2, 0.25) is 0 Å². The largest absolute Gasteiger partial charge is 0.393 e. The van der Waals surface area contributed by atoms with Crippen LogP contribution in [-0.2, 0) is 6.54 Å². The Morgan fingerprint density at radius 3 is 2.79 bits per heavy atom. The Morgan fingerprint density at radius 2 is 2.21 bits per heavy atom. The van der Waals surface area contributed by atoms with E-state index in [0.717, 1.165) is 4.47 Å². The lowest BCUT2D eigenvalue weighted by Gasteiger charge is -2.21. The Morgan fingerprint density at radius 1 is 1.57 bits per heavy atom. The molecule has 0 radical (unpaired) electrons. The van der Waals surface area contributed by atoms with Crippen LogP contribution in [-0.4, -0.2) is 27.0 Å². The van der Waals surface area contributed by atoms with Crippen molar-refractivity contribution in [2.45, 2.75) is 19.1 Å². The highest BCUT2D eigenvalue weighted by atomic mass is 79.9.